The number of sulfonamides is 1. The highest BCUT2D eigenvalue weighted by atomic mass is 32.2. The van der Waals surface area contributed by atoms with E-state index in [9.17, 15) is 13.2 Å². The first-order valence-electron chi connectivity index (χ1n) is 9.26. The number of hydrogen-bond acceptors (Lipinski definition) is 5. The van der Waals surface area contributed by atoms with Crippen molar-refractivity contribution in [3.63, 3.8) is 0 Å². The Bertz CT molecular complexity index is 1140. The van der Waals surface area contributed by atoms with Crippen molar-refractivity contribution in [3.05, 3.63) is 89.7 Å². The smallest absolute Gasteiger partial charge is 0.264 e. The van der Waals surface area contributed by atoms with Crippen molar-refractivity contribution in [2.75, 3.05) is 10.8 Å². The van der Waals surface area contributed by atoms with E-state index in [4.69, 9.17) is 0 Å². The van der Waals surface area contributed by atoms with Crippen molar-refractivity contribution < 1.29 is 13.2 Å². The van der Waals surface area contributed by atoms with Crippen LogP contribution in [0.4, 0.5) is 5.69 Å². The number of nitrogens with one attached hydrogen (secondary N) is 1. The van der Waals surface area contributed by atoms with Gasteiger partial charge < -0.3 is 0 Å². The average Bonchev–Trinajstić information content (AvgIpc) is 2.74. The average molecular weight is 423 g/mol. The van der Waals surface area contributed by atoms with E-state index in [2.05, 4.69) is 15.5 Å². The third-order valence-corrected chi connectivity index (χ3v) is 6.13. The Balaban J connectivity index is 1.87. The number of benzene rings is 2. The van der Waals surface area contributed by atoms with Gasteiger partial charge in [0.25, 0.3) is 15.9 Å². The first kappa shape index (κ1) is 21.2. The Labute approximate surface area is 176 Å². The van der Waals surface area contributed by atoms with Crippen LogP contribution < -0.4 is 9.73 Å². The summed E-state index contributed by atoms with van der Waals surface area (Å²) >= 11 is 0. The molecule has 3 aromatic rings. The second-order valence-corrected chi connectivity index (χ2v) is 8.52. The van der Waals surface area contributed by atoms with Gasteiger partial charge in [0.05, 0.1) is 22.5 Å². The molecule has 1 amide bonds. The largest absolute Gasteiger partial charge is 0.271 e. The van der Waals surface area contributed by atoms with Gasteiger partial charge >= 0.3 is 0 Å². The van der Waals surface area contributed by atoms with Crippen LogP contribution in [0.1, 0.15) is 16.8 Å². The summed E-state index contributed by atoms with van der Waals surface area (Å²) in [5, 5.41) is 3.87. The minimum atomic E-state index is -3.96. The van der Waals surface area contributed by atoms with Crippen LogP contribution in [-0.2, 0) is 14.8 Å². The van der Waals surface area contributed by atoms with E-state index in [1.807, 2.05) is 13.0 Å². The van der Waals surface area contributed by atoms with E-state index in [1.54, 1.807) is 61.7 Å². The molecule has 154 valence electrons. The summed E-state index contributed by atoms with van der Waals surface area (Å²) in [6, 6.07) is 18.8. The molecule has 0 spiro atoms. The van der Waals surface area contributed by atoms with Crippen molar-refractivity contribution in [1.82, 2.24) is 10.4 Å². The molecule has 0 bridgehead atoms. The molecule has 0 radical (unpaired) electrons. The highest BCUT2D eigenvalue weighted by Crippen LogP contribution is 2.26. The normalized spacial score (nSPS) is 11.4. The van der Waals surface area contributed by atoms with E-state index in [0.29, 0.717) is 11.4 Å². The lowest BCUT2D eigenvalue weighted by Crippen LogP contribution is -2.40. The van der Waals surface area contributed by atoms with Gasteiger partial charge in [-0.05, 0) is 49.7 Å². The van der Waals surface area contributed by atoms with Crippen molar-refractivity contribution in [2.45, 2.75) is 18.7 Å². The number of carbonyl (C=O) groups is 1. The van der Waals surface area contributed by atoms with Crippen LogP contribution >= 0.6 is 0 Å². The molecule has 0 aliphatic rings. The quantitative estimate of drug-likeness (QED) is 0.468. The third-order valence-electron chi connectivity index (χ3n) is 4.35. The Hall–Kier alpha value is -3.52. The van der Waals surface area contributed by atoms with E-state index < -0.39 is 22.5 Å². The number of rotatable bonds is 7. The summed E-state index contributed by atoms with van der Waals surface area (Å²) in [6.45, 7) is 3.26. The van der Waals surface area contributed by atoms with Gasteiger partial charge in [-0.25, -0.2) is 13.8 Å². The molecule has 7 nitrogen and oxygen atoms in total. The molecule has 1 aromatic heterocycles. The van der Waals surface area contributed by atoms with Gasteiger partial charge in [0.15, 0.2) is 0 Å². The van der Waals surface area contributed by atoms with E-state index in [-0.39, 0.29) is 4.90 Å². The third kappa shape index (κ3) is 5.09. The Morgan fingerprint density at radius 1 is 1.03 bits per heavy atom. The molecule has 0 aliphatic carbocycles. The molecular weight excluding hydrogens is 400 g/mol. The van der Waals surface area contributed by atoms with Crippen LogP contribution in [0.2, 0.25) is 0 Å². The monoisotopic (exact) mass is 422 g/mol. The predicted molar refractivity (Wildman–Crippen MR) is 117 cm³/mol. The fraction of sp³-hybridized carbons (Fsp3) is 0.136. The topological polar surface area (TPSA) is 91.7 Å². The fourth-order valence-corrected chi connectivity index (χ4v) is 4.25. The summed E-state index contributed by atoms with van der Waals surface area (Å²) in [5.41, 5.74) is 5.05. The molecule has 0 saturated carbocycles. The number of para-hydroxylation sites is 1. The second-order valence-electron chi connectivity index (χ2n) is 6.66. The van der Waals surface area contributed by atoms with Gasteiger partial charge in [-0.3, -0.25) is 14.1 Å². The van der Waals surface area contributed by atoms with Crippen molar-refractivity contribution >= 4 is 27.8 Å². The van der Waals surface area contributed by atoms with Crippen molar-refractivity contribution in [1.29, 1.82) is 0 Å². The highest BCUT2D eigenvalue weighted by molar-refractivity contribution is 7.92. The predicted octanol–water partition coefficient (Wildman–Crippen LogP) is 3.04. The molecule has 3 rings (SSSR count). The summed E-state index contributed by atoms with van der Waals surface area (Å²) in [4.78, 5) is 16.7. The Morgan fingerprint density at radius 2 is 1.73 bits per heavy atom. The first-order chi connectivity index (χ1) is 14.4. The molecule has 0 saturated heterocycles. The molecule has 0 aliphatic heterocycles. The first-order valence-corrected chi connectivity index (χ1v) is 10.7. The maximum atomic E-state index is 13.3. The lowest BCUT2D eigenvalue weighted by molar-refractivity contribution is -0.119. The zero-order valence-corrected chi connectivity index (χ0v) is 17.5. The molecule has 30 heavy (non-hydrogen) atoms. The number of aromatic nitrogens is 1. The van der Waals surface area contributed by atoms with E-state index in [1.165, 1.54) is 18.3 Å². The lowest BCUT2D eigenvalue weighted by Gasteiger charge is -2.25. The van der Waals surface area contributed by atoms with Crippen molar-refractivity contribution in [2.24, 2.45) is 5.10 Å². The zero-order chi connectivity index (χ0) is 21.6. The van der Waals surface area contributed by atoms with Crippen LogP contribution in [0.25, 0.3) is 0 Å². The van der Waals surface area contributed by atoms with Crippen LogP contribution in [0.3, 0.4) is 0 Å². The lowest BCUT2D eigenvalue weighted by atomic mass is 10.2. The SMILES string of the molecule is Cc1ccc(S(=O)(=O)N(CC(=O)N/N=C/c2ccccn2)c2ccccc2C)cc1. The number of hydrazone groups is 1. The summed E-state index contributed by atoms with van der Waals surface area (Å²) in [5.74, 6) is -0.568. The van der Waals surface area contributed by atoms with Crippen LogP contribution in [0.15, 0.2) is 82.9 Å². The maximum Gasteiger partial charge on any atom is 0.264 e. The van der Waals surface area contributed by atoms with Crippen LogP contribution in [0.5, 0.6) is 0 Å². The molecular formula is C22H22N4O3S. The standard InChI is InChI=1S/C22H22N4O3S/c1-17-10-12-20(13-11-17)30(28,29)26(21-9-4-3-7-18(21)2)16-22(27)25-24-15-19-8-5-6-14-23-19/h3-15H,16H2,1-2H3,(H,25,27)/b24-15+. The summed E-state index contributed by atoms with van der Waals surface area (Å²) in [6.07, 6.45) is 3.00. The molecule has 1 N–H and O–H groups in total. The van der Waals surface area contributed by atoms with Gasteiger partial charge in [-0.2, -0.15) is 5.10 Å². The van der Waals surface area contributed by atoms with Gasteiger partial charge in [0.2, 0.25) is 0 Å². The minimum Gasteiger partial charge on any atom is -0.271 e. The molecule has 0 atom stereocenters. The molecule has 0 fully saturated rings. The molecule has 2 aromatic carbocycles. The van der Waals surface area contributed by atoms with Gasteiger partial charge in [-0.15, -0.1) is 0 Å². The number of nitrogens with zero attached hydrogens (tertiary/aromatic N) is 3. The van der Waals surface area contributed by atoms with E-state index >= 15 is 0 Å². The van der Waals surface area contributed by atoms with Crippen molar-refractivity contribution in [3.8, 4) is 0 Å². The minimum absolute atomic E-state index is 0.112. The van der Waals surface area contributed by atoms with Gasteiger partial charge in [-0.1, -0.05) is 42.0 Å². The van der Waals surface area contributed by atoms with Gasteiger partial charge in [0.1, 0.15) is 6.54 Å². The number of aryl methyl sites for hydroxylation is 2. The number of amides is 1. The summed E-state index contributed by atoms with van der Waals surface area (Å²) in [7, 11) is -3.96. The van der Waals surface area contributed by atoms with Gasteiger partial charge in [0, 0.05) is 6.20 Å². The number of anilines is 1. The number of carbonyl (C=O) groups excluding carboxylic acids is 1. The second kappa shape index (κ2) is 9.32. The summed E-state index contributed by atoms with van der Waals surface area (Å²) < 4.78 is 27.7. The van der Waals surface area contributed by atoms with E-state index in [0.717, 1.165) is 15.4 Å². The zero-order valence-electron chi connectivity index (χ0n) is 16.7. The molecule has 0 unspecified atom stereocenters. The Kier molecular flexibility index (Phi) is 6.58. The maximum absolute atomic E-state index is 13.3. The number of pyridine rings is 1. The van der Waals surface area contributed by atoms with Crippen LogP contribution in [-0.4, -0.2) is 32.1 Å². The number of hydrogen-bond donors (Lipinski definition) is 1. The highest BCUT2D eigenvalue weighted by Gasteiger charge is 2.28. The fourth-order valence-electron chi connectivity index (χ4n) is 2.77. The molecule has 1 heterocycles. The van der Waals surface area contributed by atoms with Crippen LogP contribution in [0, 0.1) is 13.8 Å². The molecule has 8 heteroatoms. The Morgan fingerprint density at radius 3 is 2.40 bits per heavy atom.